The van der Waals surface area contributed by atoms with Gasteiger partial charge in [0.15, 0.2) is 0 Å². The normalized spacial score (nSPS) is 26.9. The third-order valence-electron chi connectivity index (χ3n) is 6.82. The Labute approximate surface area is 207 Å². The fraction of sp³-hybridized carbons (Fsp3) is 0.615. The fourth-order valence-corrected chi connectivity index (χ4v) is 4.01. The van der Waals surface area contributed by atoms with Crippen LogP contribution in [0.3, 0.4) is 0 Å². The van der Waals surface area contributed by atoms with E-state index in [0.717, 1.165) is 5.56 Å². The number of carbonyl (C=O) groups is 4. The van der Waals surface area contributed by atoms with Crippen LogP contribution in [0.5, 0.6) is 0 Å². The van der Waals surface area contributed by atoms with Crippen LogP contribution in [0.4, 0.5) is 0 Å². The van der Waals surface area contributed by atoms with Crippen molar-refractivity contribution >= 4 is 23.6 Å². The molecule has 1 aromatic carbocycles. The number of benzene rings is 1. The van der Waals surface area contributed by atoms with E-state index in [0.29, 0.717) is 6.42 Å². The molecule has 0 bridgehead atoms. The number of carbonyl (C=O) groups excluding carboxylic acids is 4. The van der Waals surface area contributed by atoms with E-state index in [1.807, 2.05) is 44.2 Å². The number of nitrogens with one attached hydrogen (secondary N) is 4. The molecule has 9 heteroatoms. The van der Waals surface area contributed by atoms with Crippen molar-refractivity contribution in [2.75, 3.05) is 0 Å². The quantitative estimate of drug-likeness (QED) is 0.388. The first-order valence-corrected chi connectivity index (χ1v) is 12.4. The number of amides is 4. The summed E-state index contributed by atoms with van der Waals surface area (Å²) in [5.41, 5.74) is 0.826. The van der Waals surface area contributed by atoms with Crippen LogP contribution >= 0.6 is 0 Å². The van der Waals surface area contributed by atoms with Crippen LogP contribution in [0.25, 0.3) is 0 Å². The minimum absolute atomic E-state index is 0.198. The van der Waals surface area contributed by atoms with Crippen LogP contribution in [0.1, 0.15) is 53.5 Å². The lowest BCUT2D eigenvalue weighted by Crippen LogP contribution is -2.64. The fourth-order valence-electron chi connectivity index (χ4n) is 4.01. The molecular weight excluding hydrogens is 448 g/mol. The van der Waals surface area contributed by atoms with Crippen LogP contribution in [-0.2, 0) is 25.6 Å². The molecule has 0 radical (unpaired) electrons. The molecule has 5 N–H and O–H groups in total. The molecular formula is C26H40N4O5. The van der Waals surface area contributed by atoms with Crippen molar-refractivity contribution in [3.8, 4) is 0 Å². The average molecular weight is 489 g/mol. The van der Waals surface area contributed by atoms with Crippen molar-refractivity contribution in [2.45, 2.75) is 84.7 Å². The maximum atomic E-state index is 13.4. The molecule has 9 nitrogen and oxygen atoms in total. The second-order valence-electron chi connectivity index (χ2n) is 9.94. The van der Waals surface area contributed by atoms with Crippen molar-refractivity contribution in [1.82, 2.24) is 21.3 Å². The van der Waals surface area contributed by atoms with Gasteiger partial charge >= 0.3 is 0 Å². The van der Waals surface area contributed by atoms with E-state index in [1.165, 1.54) is 6.92 Å². The third-order valence-corrected chi connectivity index (χ3v) is 6.82. The Morgan fingerprint density at radius 2 is 1.26 bits per heavy atom. The van der Waals surface area contributed by atoms with Gasteiger partial charge < -0.3 is 26.4 Å². The van der Waals surface area contributed by atoms with Gasteiger partial charge in [0, 0.05) is 12.3 Å². The average Bonchev–Trinajstić information content (AvgIpc) is 2.82. The predicted molar refractivity (Wildman–Crippen MR) is 133 cm³/mol. The van der Waals surface area contributed by atoms with Crippen molar-refractivity contribution in [3.05, 3.63) is 35.9 Å². The smallest absolute Gasteiger partial charge is 0.243 e. The molecule has 0 spiro atoms. The van der Waals surface area contributed by atoms with E-state index in [-0.39, 0.29) is 18.3 Å². The first kappa shape index (κ1) is 28.3. The highest BCUT2D eigenvalue weighted by molar-refractivity contribution is 5.97. The standard InChI is InChI=1S/C26H40N4O5/c1-7-15(4)21-25(34)30-22(16(5)17(6)31)26(35)27-19(13-18-11-9-8-10-12-18)23(32)28-20(14(2)3)24(33)29-21/h8-12,14-17,19-22,31H,7,13H2,1-6H3,(H,27,35)(H,28,32)(H,29,33)(H,30,34)/t15-,16-,17?,19-,20-,21-,22-/m0/s1. The lowest BCUT2D eigenvalue weighted by atomic mass is 9.92. The van der Waals surface area contributed by atoms with Crippen LogP contribution in [0, 0.1) is 17.8 Å². The Morgan fingerprint density at radius 3 is 1.80 bits per heavy atom. The minimum atomic E-state index is -1.10. The SMILES string of the molecule is CC[C@H](C)[C@@H]1NC(=O)[C@H](C(C)C)NC(=O)[C@H](Cc2ccccc2)NC(=O)[C@H]([C@@H](C)C(C)O)NC1=O. The maximum absolute atomic E-state index is 13.4. The van der Waals surface area contributed by atoms with Crippen LogP contribution < -0.4 is 21.3 Å². The van der Waals surface area contributed by atoms with E-state index < -0.39 is 59.8 Å². The molecule has 1 unspecified atom stereocenters. The largest absolute Gasteiger partial charge is 0.393 e. The molecule has 4 amide bonds. The maximum Gasteiger partial charge on any atom is 0.243 e. The number of rotatable bonds is 7. The van der Waals surface area contributed by atoms with Crippen molar-refractivity contribution in [2.24, 2.45) is 17.8 Å². The molecule has 1 fully saturated rings. The van der Waals surface area contributed by atoms with E-state index >= 15 is 0 Å². The van der Waals surface area contributed by atoms with Crippen molar-refractivity contribution in [1.29, 1.82) is 0 Å². The van der Waals surface area contributed by atoms with Crippen molar-refractivity contribution in [3.63, 3.8) is 0 Å². The van der Waals surface area contributed by atoms with Gasteiger partial charge in [-0.1, -0.05) is 71.4 Å². The number of hydrogen-bond donors (Lipinski definition) is 5. The summed E-state index contributed by atoms with van der Waals surface area (Å²) in [6.07, 6.45) is -0.0920. The lowest BCUT2D eigenvalue weighted by Gasteiger charge is -2.34. The molecule has 194 valence electrons. The number of aliphatic hydroxyl groups is 1. The summed E-state index contributed by atoms with van der Waals surface area (Å²) in [4.78, 5) is 53.2. The van der Waals surface area contributed by atoms with Gasteiger partial charge in [-0.3, -0.25) is 19.2 Å². The van der Waals surface area contributed by atoms with Gasteiger partial charge in [0.1, 0.15) is 24.2 Å². The summed E-state index contributed by atoms with van der Waals surface area (Å²) in [6.45, 7) is 10.5. The molecule has 0 aliphatic carbocycles. The molecule has 35 heavy (non-hydrogen) atoms. The van der Waals surface area contributed by atoms with E-state index in [4.69, 9.17) is 0 Å². The zero-order valence-corrected chi connectivity index (χ0v) is 21.5. The highest BCUT2D eigenvalue weighted by Gasteiger charge is 2.38. The van der Waals surface area contributed by atoms with Crippen LogP contribution in [-0.4, -0.2) is 59.0 Å². The van der Waals surface area contributed by atoms with Crippen LogP contribution in [0.2, 0.25) is 0 Å². The summed E-state index contributed by atoms with van der Waals surface area (Å²) in [5.74, 6) is -3.14. The first-order valence-electron chi connectivity index (χ1n) is 12.4. The van der Waals surface area contributed by atoms with Crippen LogP contribution in [0.15, 0.2) is 30.3 Å². The summed E-state index contributed by atoms with van der Waals surface area (Å²) in [5, 5.41) is 21.3. The molecule has 0 saturated carbocycles. The summed E-state index contributed by atoms with van der Waals surface area (Å²) < 4.78 is 0. The molecule has 1 aliphatic heterocycles. The second-order valence-corrected chi connectivity index (χ2v) is 9.94. The predicted octanol–water partition coefficient (Wildman–Crippen LogP) is 0.901. The molecule has 1 saturated heterocycles. The Bertz CT molecular complexity index is 889. The Morgan fingerprint density at radius 1 is 0.743 bits per heavy atom. The summed E-state index contributed by atoms with van der Waals surface area (Å²) >= 11 is 0. The lowest BCUT2D eigenvalue weighted by molar-refractivity contribution is -0.139. The molecule has 7 atom stereocenters. The Balaban J connectivity index is 2.50. The number of hydrogen-bond acceptors (Lipinski definition) is 5. The van der Waals surface area contributed by atoms with E-state index in [1.54, 1.807) is 20.8 Å². The molecule has 1 aliphatic rings. The Kier molecular flexibility index (Phi) is 10.2. The highest BCUT2D eigenvalue weighted by Crippen LogP contribution is 2.15. The van der Waals surface area contributed by atoms with Gasteiger partial charge in [0.05, 0.1) is 6.10 Å². The zero-order valence-electron chi connectivity index (χ0n) is 21.5. The highest BCUT2D eigenvalue weighted by atomic mass is 16.3. The van der Waals surface area contributed by atoms with Gasteiger partial charge in [0.2, 0.25) is 23.6 Å². The van der Waals surface area contributed by atoms with Gasteiger partial charge in [-0.15, -0.1) is 0 Å². The zero-order chi connectivity index (χ0) is 26.3. The summed E-state index contributed by atoms with van der Waals surface area (Å²) in [7, 11) is 0. The number of aliphatic hydroxyl groups excluding tert-OH is 1. The van der Waals surface area contributed by atoms with Gasteiger partial charge in [-0.05, 0) is 24.3 Å². The van der Waals surface area contributed by atoms with E-state index in [9.17, 15) is 24.3 Å². The third kappa shape index (κ3) is 7.52. The minimum Gasteiger partial charge on any atom is -0.393 e. The molecule has 1 aromatic rings. The molecule has 1 heterocycles. The van der Waals surface area contributed by atoms with Gasteiger partial charge in [-0.25, -0.2) is 0 Å². The second kappa shape index (κ2) is 12.7. The van der Waals surface area contributed by atoms with E-state index in [2.05, 4.69) is 21.3 Å². The molecule has 0 aromatic heterocycles. The molecule has 2 rings (SSSR count). The summed E-state index contributed by atoms with van der Waals surface area (Å²) in [6, 6.07) is 5.34. The Hall–Kier alpha value is -2.94. The monoisotopic (exact) mass is 488 g/mol. The topological polar surface area (TPSA) is 137 Å². The van der Waals surface area contributed by atoms with Gasteiger partial charge in [-0.2, -0.15) is 0 Å². The van der Waals surface area contributed by atoms with Crippen molar-refractivity contribution < 1.29 is 24.3 Å². The van der Waals surface area contributed by atoms with Gasteiger partial charge in [0.25, 0.3) is 0 Å². The first-order chi connectivity index (χ1) is 16.5.